The van der Waals surface area contributed by atoms with E-state index in [0.717, 1.165) is 19.3 Å². The highest BCUT2D eigenvalue weighted by atomic mass is 16.2. The van der Waals surface area contributed by atoms with Crippen LogP contribution < -0.4 is 5.32 Å². The predicted molar refractivity (Wildman–Crippen MR) is 82.9 cm³/mol. The molecule has 0 saturated carbocycles. The first kappa shape index (κ1) is 15.5. The molecular weight excluding hydrogens is 264 g/mol. The van der Waals surface area contributed by atoms with Crippen LogP contribution in [0.15, 0.2) is 30.3 Å². The van der Waals surface area contributed by atoms with Gasteiger partial charge < -0.3 is 4.90 Å². The van der Waals surface area contributed by atoms with Crippen molar-refractivity contribution < 1.29 is 9.59 Å². The third-order valence-electron chi connectivity index (χ3n) is 4.51. The first-order valence-electron chi connectivity index (χ1n) is 7.81. The molecule has 1 aliphatic heterocycles. The number of unbranched alkanes of at least 4 members (excludes halogenated alkanes) is 1. The second kappa shape index (κ2) is 6.74. The molecule has 1 fully saturated rings. The van der Waals surface area contributed by atoms with Gasteiger partial charge in [-0.25, -0.2) is 4.79 Å². The molecule has 3 amide bonds. The van der Waals surface area contributed by atoms with Gasteiger partial charge in [-0.3, -0.25) is 10.1 Å². The van der Waals surface area contributed by atoms with Crippen molar-refractivity contribution in [2.45, 2.75) is 51.5 Å². The van der Waals surface area contributed by atoms with Gasteiger partial charge in [0.1, 0.15) is 5.54 Å². The van der Waals surface area contributed by atoms with Gasteiger partial charge in [0.25, 0.3) is 5.91 Å². The Labute approximate surface area is 126 Å². The maximum Gasteiger partial charge on any atom is 0.325 e. The highest BCUT2D eigenvalue weighted by Crippen LogP contribution is 2.29. The second-order valence-electron chi connectivity index (χ2n) is 5.59. The van der Waals surface area contributed by atoms with Crippen LogP contribution in [0.2, 0.25) is 0 Å². The Morgan fingerprint density at radius 1 is 1.05 bits per heavy atom. The topological polar surface area (TPSA) is 49.4 Å². The molecule has 4 heteroatoms. The Bertz CT molecular complexity index is 495. The molecule has 4 nitrogen and oxygen atoms in total. The quantitative estimate of drug-likeness (QED) is 0.619. The predicted octanol–water partition coefficient (Wildman–Crippen LogP) is 3.12. The Kier molecular flexibility index (Phi) is 4.99. The van der Waals surface area contributed by atoms with Gasteiger partial charge in [0.05, 0.1) is 0 Å². The van der Waals surface area contributed by atoms with E-state index >= 15 is 0 Å². The van der Waals surface area contributed by atoms with Crippen molar-refractivity contribution in [1.29, 1.82) is 0 Å². The van der Waals surface area contributed by atoms with E-state index in [0.29, 0.717) is 19.4 Å². The number of carbonyl (C=O) groups excluding carboxylic acids is 2. The molecule has 0 spiro atoms. The first-order chi connectivity index (χ1) is 10.1. The Morgan fingerprint density at radius 3 is 2.33 bits per heavy atom. The minimum atomic E-state index is -0.635. The van der Waals surface area contributed by atoms with E-state index in [1.807, 2.05) is 32.0 Å². The van der Waals surface area contributed by atoms with E-state index < -0.39 is 5.54 Å². The van der Waals surface area contributed by atoms with Crippen LogP contribution in [0, 0.1) is 0 Å². The summed E-state index contributed by atoms with van der Waals surface area (Å²) in [5.41, 5.74) is 0.681. The van der Waals surface area contributed by atoms with Crippen molar-refractivity contribution in [3.05, 3.63) is 35.9 Å². The SMILES string of the molecule is CCC1(CC)C(=O)NC(=O)N1CCCCc1ccccc1. The normalized spacial score (nSPS) is 17.1. The van der Waals surface area contributed by atoms with Gasteiger partial charge in [0.15, 0.2) is 0 Å². The van der Waals surface area contributed by atoms with E-state index in [9.17, 15) is 9.59 Å². The molecule has 2 rings (SSSR count). The number of carbonyl (C=O) groups is 2. The number of imide groups is 1. The minimum Gasteiger partial charge on any atom is -0.310 e. The van der Waals surface area contributed by atoms with Gasteiger partial charge in [0.2, 0.25) is 0 Å². The lowest BCUT2D eigenvalue weighted by Crippen LogP contribution is -2.49. The van der Waals surface area contributed by atoms with Crippen molar-refractivity contribution >= 4 is 11.9 Å². The third kappa shape index (κ3) is 3.09. The molecule has 114 valence electrons. The van der Waals surface area contributed by atoms with E-state index in [-0.39, 0.29) is 11.9 Å². The standard InChI is InChI=1S/C17H24N2O2/c1-3-17(4-2)15(20)18-16(21)19(17)13-9-8-12-14-10-6-5-7-11-14/h5-7,10-11H,3-4,8-9,12-13H2,1-2H3,(H,18,20,21). The molecule has 0 atom stereocenters. The van der Waals surface area contributed by atoms with E-state index in [1.54, 1.807) is 4.90 Å². The summed E-state index contributed by atoms with van der Waals surface area (Å²) in [6, 6.07) is 10.1. The van der Waals surface area contributed by atoms with Crippen LogP contribution in [-0.2, 0) is 11.2 Å². The fourth-order valence-corrected chi connectivity index (χ4v) is 3.11. The fraction of sp³-hybridized carbons (Fsp3) is 0.529. The highest BCUT2D eigenvalue weighted by Gasteiger charge is 2.49. The summed E-state index contributed by atoms with van der Waals surface area (Å²) in [4.78, 5) is 25.8. The summed E-state index contributed by atoms with van der Waals surface area (Å²) in [6.45, 7) is 4.59. The largest absolute Gasteiger partial charge is 0.325 e. The number of hydrogen-bond donors (Lipinski definition) is 1. The summed E-state index contributed by atoms with van der Waals surface area (Å²) < 4.78 is 0. The number of nitrogens with one attached hydrogen (secondary N) is 1. The molecule has 21 heavy (non-hydrogen) atoms. The van der Waals surface area contributed by atoms with Crippen molar-refractivity contribution in [3.8, 4) is 0 Å². The number of benzene rings is 1. The fourth-order valence-electron chi connectivity index (χ4n) is 3.11. The Hall–Kier alpha value is -1.84. The number of urea groups is 1. The Morgan fingerprint density at radius 2 is 1.71 bits per heavy atom. The van der Waals surface area contributed by atoms with Crippen LogP contribution in [0.1, 0.15) is 45.1 Å². The molecule has 1 saturated heterocycles. The average molecular weight is 288 g/mol. The third-order valence-corrected chi connectivity index (χ3v) is 4.51. The van der Waals surface area contributed by atoms with Gasteiger partial charge in [-0.05, 0) is 37.7 Å². The smallest absolute Gasteiger partial charge is 0.310 e. The monoisotopic (exact) mass is 288 g/mol. The molecule has 1 aromatic carbocycles. The van der Waals surface area contributed by atoms with Crippen LogP contribution in [0.5, 0.6) is 0 Å². The first-order valence-corrected chi connectivity index (χ1v) is 7.81. The maximum atomic E-state index is 12.1. The molecule has 0 bridgehead atoms. The van der Waals surface area contributed by atoms with Crippen LogP contribution >= 0.6 is 0 Å². The zero-order valence-electron chi connectivity index (χ0n) is 12.9. The van der Waals surface area contributed by atoms with Crippen molar-refractivity contribution in [1.82, 2.24) is 10.2 Å². The number of rotatable bonds is 7. The molecular formula is C17H24N2O2. The van der Waals surface area contributed by atoms with Crippen molar-refractivity contribution in [2.75, 3.05) is 6.54 Å². The molecule has 1 aromatic rings. The number of amides is 3. The zero-order valence-corrected chi connectivity index (χ0v) is 12.9. The molecule has 0 aliphatic carbocycles. The molecule has 0 radical (unpaired) electrons. The van der Waals surface area contributed by atoms with E-state index in [2.05, 4.69) is 17.4 Å². The van der Waals surface area contributed by atoms with E-state index in [1.165, 1.54) is 5.56 Å². The zero-order chi connectivity index (χ0) is 15.3. The van der Waals surface area contributed by atoms with Crippen LogP contribution in [0.25, 0.3) is 0 Å². The molecule has 1 aliphatic rings. The summed E-state index contributed by atoms with van der Waals surface area (Å²) in [5.74, 6) is -0.138. The molecule has 1 heterocycles. The summed E-state index contributed by atoms with van der Waals surface area (Å²) in [6.07, 6.45) is 4.28. The summed E-state index contributed by atoms with van der Waals surface area (Å²) >= 11 is 0. The van der Waals surface area contributed by atoms with Crippen LogP contribution in [-0.4, -0.2) is 28.9 Å². The second-order valence-corrected chi connectivity index (χ2v) is 5.59. The minimum absolute atomic E-state index is 0.138. The highest BCUT2D eigenvalue weighted by molar-refractivity contribution is 6.06. The lowest BCUT2D eigenvalue weighted by molar-refractivity contribution is -0.127. The maximum absolute atomic E-state index is 12.1. The molecule has 0 unspecified atom stereocenters. The van der Waals surface area contributed by atoms with Gasteiger partial charge in [0, 0.05) is 6.54 Å². The van der Waals surface area contributed by atoms with Gasteiger partial charge in [-0.1, -0.05) is 44.2 Å². The molecule has 1 N–H and O–H groups in total. The van der Waals surface area contributed by atoms with Crippen molar-refractivity contribution in [3.63, 3.8) is 0 Å². The van der Waals surface area contributed by atoms with E-state index in [4.69, 9.17) is 0 Å². The Balaban J connectivity index is 1.89. The van der Waals surface area contributed by atoms with Gasteiger partial charge in [-0.2, -0.15) is 0 Å². The van der Waals surface area contributed by atoms with Gasteiger partial charge in [-0.15, -0.1) is 0 Å². The number of nitrogens with zero attached hydrogens (tertiary/aromatic N) is 1. The van der Waals surface area contributed by atoms with Crippen molar-refractivity contribution in [2.24, 2.45) is 0 Å². The van der Waals surface area contributed by atoms with Crippen LogP contribution in [0.3, 0.4) is 0 Å². The molecule has 0 aromatic heterocycles. The number of aryl methyl sites for hydroxylation is 1. The number of hydrogen-bond acceptors (Lipinski definition) is 2. The lowest BCUT2D eigenvalue weighted by Gasteiger charge is -2.33. The average Bonchev–Trinajstić information content (AvgIpc) is 2.75. The van der Waals surface area contributed by atoms with Gasteiger partial charge >= 0.3 is 6.03 Å². The summed E-state index contributed by atoms with van der Waals surface area (Å²) in [5, 5.41) is 2.47. The summed E-state index contributed by atoms with van der Waals surface area (Å²) in [7, 11) is 0. The lowest BCUT2D eigenvalue weighted by atomic mass is 9.91. The van der Waals surface area contributed by atoms with Crippen LogP contribution in [0.4, 0.5) is 4.79 Å².